The number of amides is 1. The van der Waals surface area contributed by atoms with Gasteiger partial charge in [-0.2, -0.15) is 5.26 Å². The molecule has 0 N–H and O–H groups in total. The van der Waals surface area contributed by atoms with Crippen LogP contribution in [0.15, 0.2) is 84.9 Å². The average Bonchev–Trinajstić information content (AvgIpc) is 3.09. The van der Waals surface area contributed by atoms with Crippen LogP contribution < -0.4 is 0 Å². The van der Waals surface area contributed by atoms with Gasteiger partial charge in [0.2, 0.25) is 5.91 Å². The van der Waals surface area contributed by atoms with E-state index >= 15 is 0 Å². The second-order valence-corrected chi connectivity index (χ2v) is 8.40. The second kappa shape index (κ2) is 10.7. The molecule has 1 aliphatic rings. The fourth-order valence-corrected chi connectivity index (χ4v) is 4.42. The van der Waals surface area contributed by atoms with E-state index in [1.165, 1.54) is 16.7 Å². The lowest BCUT2D eigenvalue weighted by atomic mass is 9.88. The first-order chi connectivity index (χ1) is 15.7. The monoisotopic (exact) mass is 423 g/mol. The minimum atomic E-state index is 0.0721. The van der Waals surface area contributed by atoms with Gasteiger partial charge in [0.15, 0.2) is 0 Å². The molecule has 0 aliphatic carbocycles. The van der Waals surface area contributed by atoms with Gasteiger partial charge >= 0.3 is 0 Å². The van der Waals surface area contributed by atoms with Gasteiger partial charge in [-0.25, -0.2) is 0 Å². The molecular formula is C28H29N3O. The Labute approximate surface area is 190 Å². The van der Waals surface area contributed by atoms with E-state index in [4.69, 9.17) is 5.26 Å². The fraction of sp³-hybridized carbons (Fsp3) is 0.286. The van der Waals surface area contributed by atoms with Gasteiger partial charge < -0.3 is 4.90 Å². The summed E-state index contributed by atoms with van der Waals surface area (Å²) in [6.07, 6.45) is 1.47. The second-order valence-electron chi connectivity index (χ2n) is 8.40. The van der Waals surface area contributed by atoms with Gasteiger partial charge in [-0.05, 0) is 35.2 Å². The molecule has 0 saturated carbocycles. The van der Waals surface area contributed by atoms with Crippen molar-refractivity contribution in [2.75, 3.05) is 26.2 Å². The maximum atomic E-state index is 13.3. The smallest absolute Gasteiger partial charge is 0.223 e. The van der Waals surface area contributed by atoms with Gasteiger partial charge in [0.1, 0.15) is 0 Å². The molecule has 3 aromatic rings. The van der Waals surface area contributed by atoms with Gasteiger partial charge in [0, 0.05) is 45.1 Å². The Balaban J connectivity index is 1.39. The summed E-state index contributed by atoms with van der Waals surface area (Å²) in [4.78, 5) is 17.8. The lowest BCUT2D eigenvalue weighted by Gasteiger charge is -2.25. The minimum absolute atomic E-state index is 0.0721. The molecule has 1 heterocycles. The van der Waals surface area contributed by atoms with Crippen LogP contribution in [0.3, 0.4) is 0 Å². The maximum Gasteiger partial charge on any atom is 0.223 e. The van der Waals surface area contributed by atoms with Crippen molar-refractivity contribution < 1.29 is 4.79 Å². The summed E-state index contributed by atoms with van der Waals surface area (Å²) in [6.45, 7) is 4.26. The summed E-state index contributed by atoms with van der Waals surface area (Å²) in [5.41, 5.74) is 4.26. The highest BCUT2D eigenvalue weighted by molar-refractivity contribution is 5.78. The van der Waals surface area contributed by atoms with Gasteiger partial charge in [-0.15, -0.1) is 0 Å². The number of hydrogen-bond acceptors (Lipinski definition) is 3. The molecule has 1 fully saturated rings. The van der Waals surface area contributed by atoms with Crippen LogP contribution in [0, 0.1) is 11.3 Å². The number of hydrogen-bond donors (Lipinski definition) is 0. The lowest BCUT2D eigenvalue weighted by molar-refractivity contribution is -0.131. The Hall–Kier alpha value is -3.42. The number of carbonyl (C=O) groups is 1. The molecule has 0 atom stereocenters. The Bertz CT molecular complexity index is 1000. The first-order valence-electron chi connectivity index (χ1n) is 11.3. The van der Waals surface area contributed by atoms with Gasteiger partial charge in [-0.3, -0.25) is 9.69 Å². The third-order valence-electron chi connectivity index (χ3n) is 6.21. The van der Waals surface area contributed by atoms with E-state index < -0.39 is 0 Å². The van der Waals surface area contributed by atoms with E-state index in [1.807, 2.05) is 65.6 Å². The van der Waals surface area contributed by atoms with Crippen LogP contribution in [-0.2, 0) is 11.3 Å². The van der Waals surface area contributed by atoms with E-state index in [-0.39, 0.29) is 11.8 Å². The van der Waals surface area contributed by atoms with E-state index in [2.05, 4.69) is 35.2 Å². The van der Waals surface area contributed by atoms with Crippen LogP contribution in [0.25, 0.3) is 0 Å². The predicted octanol–water partition coefficient (Wildman–Crippen LogP) is 4.81. The Morgan fingerprint density at radius 2 is 1.44 bits per heavy atom. The number of rotatable bonds is 6. The van der Waals surface area contributed by atoms with Crippen molar-refractivity contribution in [2.24, 2.45) is 0 Å². The Kier molecular flexibility index (Phi) is 7.32. The number of benzene rings is 3. The number of nitriles is 1. The molecule has 162 valence electrons. The van der Waals surface area contributed by atoms with Gasteiger partial charge in [0.25, 0.3) is 0 Å². The number of carbonyl (C=O) groups excluding carboxylic acids is 1. The summed E-state index contributed by atoms with van der Waals surface area (Å²) < 4.78 is 0. The average molecular weight is 424 g/mol. The molecule has 4 nitrogen and oxygen atoms in total. The molecule has 1 aliphatic heterocycles. The molecule has 0 bridgehead atoms. The molecule has 1 saturated heterocycles. The van der Waals surface area contributed by atoms with E-state index in [9.17, 15) is 4.79 Å². The molecule has 4 rings (SSSR count). The summed E-state index contributed by atoms with van der Waals surface area (Å²) >= 11 is 0. The molecule has 1 amide bonds. The molecule has 0 unspecified atom stereocenters. The number of nitrogens with zero attached hydrogens (tertiary/aromatic N) is 3. The van der Waals surface area contributed by atoms with Crippen LogP contribution >= 0.6 is 0 Å². The van der Waals surface area contributed by atoms with Crippen molar-refractivity contribution in [2.45, 2.75) is 25.3 Å². The summed E-state index contributed by atoms with van der Waals surface area (Å²) in [6, 6.07) is 30.6. The summed E-state index contributed by atoms with van der Waals surface area (Å²) in [5.74, 6) is 0.297. The van der Waals surface area contributed by atoms with Crippen molar-refractivity contribution in [3.8, 4) is 6.07 Å². The van der Waals surface area contributed by atoms with Crippen molar-refractivity contribution in [3.63, 3.8) is 0 Å². The Morgan fingerprint density at radius 1 is 0.812 bits per heavy atom. The molecular weight excluding hydrogens is 394 g/mol. The summed E-state index contributed by atoms with van der Waals surface area (Å²) in [7, 11) is 0. The molecule has 0 spiro atoms. The molecule has 4 heteroatoms. The van der Waals surface area contributed by atoms with Gasteiger partial charge in [0.05, 0.1) is 11.6 Å². The van der Waals surface area contributed by atoms with Crippen molar-refractivity contribution in [1.29, 1.82) is 5.26 Å². The van der Waals surface area contributed by atoms with Crippen LogP contribution in [0.1, 0.15) is 41.0 Å². The van der Waals surface area contributed by atoms with E-state index in [0.717, 1.165) is 39.1 Å². The summed E-state index contributed by atoms with van der Waals surface area (Å²) in [5, 5.41) is 8.98. The predicted molar refractivity (Wildman–Crippen MR) is 127 cm³/mol. The zero-order chi connectivity index (χ0) is 22.2. The molecule has 32 heavy (non-hydrogen) atoms. The zero-order valence-electron chi connectivity index (χ0n) is 18.4. The highest BCUT2D eigenvalue weighted by atomic mass is 16.2. The third-order valence-corrected chi connectivity index (χ3v) is 6.21. The van der Waals surface area contributed by atoms with E-state index in [1.54, 1.807) is 0 Å². The van der Waals surface area contributed by atoms with Crippen LogP contribution in [0.4, 0.5) is 0 Å². The standard InChI is InChI=1S/C28H29N3O/c29-21-23-12-14-24(15-13-23)22-30-16-7-17-31(19-18-30)28(32)20-27(25-8-3-1-4-9-25)26-10-5-2-6-11-26/h1-6,8-15,27H,7,16-20,22H2. The lowest BCUT2D eigenvalue weighted by Crippen LogP contribution is -2.35. The Morgan fingerprint density at radius 3 is 2.03 bits per heavy atom. The maximum absolute atomic E-state index is 13.3. The SMILES string of the molecule is N#Cc1ccc(CN2CCCN(C(=O)CC(c3ccccc3)c3ccccc3)CC2)cc1. The molecule has 0 radical (unpaired) electrons. The first kappa shape index (κ1) is 21.8. The normalized spacial score (nSPS) is 14.7. The largest absolute Gasteiger partial charge is 0.341 e. The first-order valence-corrected chi connectivity index (χ1v) is 11.3. The van der Waals surface area contributed by atoms with Crippen LogP contribution in [0.5, 0.6) is 0 Å². The zero-order valence-corrected chi connectivity index (χ0v) is 18.4. The molecule has 0 aromatic heterocycles. The fourth-order valence-electron chi connectivity index (χ4n) is 4.42. The molecule has 3 aromatic carbocycles. The minimum Gasteiger partial charge on any atom is -0.341 e. The highest BCUT2D eigenvalue weighted by Crippen LogP contribution is 2.28. The van der Waals surface area contributed by atoms with Crippen LogP contribution in [-0.4, -0.2) is 41.9 Å². The van der Waals surface area contributed by atoms with Gasteiger partial charge in [-0.1, -0.05) is 72.8 Å². The topological polar surface area (TPSA) is 47.3 Å². The van der Waals surface area contributed by atoms with Crippen LogP contribution in [0.2, 0.25) is 0 Å². The third kappa shape index (κ3) is 5.63. The van der Waals surface area contributed by atoms with Crippen molar-refractivity contribution in [1.82, 2.24) is 9.80 Å². The van der Waals surface area contributed by atoms with Crippen molar-refractivity contribution in [3.05, 3.63) is 107 Å². The van der Waals surface area contributed by atoms with Crippen molar-refractivity contribution >= 4 is 5.91 Å². The highest BCUT2D eigenvalue weighted by Gasteiger charge is 2.24. The van der Waals surface area contributed by atoms with E-state index in [0.29, 0.717) is 12.0 Å². The quantitative estimate of drug-likeness (QED) is 0.571.